The van der Waals surface area contributed by atoms with Crippen LogP contribution in [0.15, 0.2) is 79.1 Å². The number of para-hydroxylation sites is 2. The number of nitro benzene ring substituents is 1. The second kappa shape index (κ2) is 14.8. The molecule has 13 heteroatoms. The number of halogens is 5. The van der Waals surface area contributed by atoms with E-state index in [4.69, 9.17) is 51.1 Å². The third-order valence-corrected chi connectivity index (χ3v) is 7.33. The molecular weight excluding hydrogens is 622 g/mol. The molecule has 0 fully saturated rings. The van der Waals surface area contributed by atoms with Crippen LogP contribution >= 0.6 is 58.8 Å². The number of alkyl halides is 1. The minimum absolute atomic E-state index is 0. The number of carbonyl (C=O) groups is 1. The van der Waals surface area contributed by atoms with Crippen molar-refractivity contribution in [2.45, 2.75) is 24.6 Å². The minimum atomic E-state index is -0.598. The first-order chi connectivity index (χ1) is 18.7. The number of carbonyl (C=O) groups excluding carboxylic acids is 1. The van der Waals surface area contributed by atoms with Crippen LogP contribution in [-0.2, 0) is 16.1 Å². The van der Waals surface area contributed by atoms with Crippen molar-refractivity contribution >= 4 is 76.1 Å². The van der Waals surface area contributed by atoms with Gasteiger partial charge in [0, 0.05) is 46.5 Å². The lowest BCUT2D eigenvalue weighted by molar-refractivity contribution is -0.383. The van der Waals surface area contributed by atoms with Crippen molar-refractivity contribution in [3.8, 4) is 0 Å². The largest absolute Gasteiger partial charge is 0.365 e. The van der Waals surface area contributed by atoms with Gasteiger partial charge in [-0.25, -0.2) is 0 Å². The highest BCUT2D eigenvalue weighted by molar-refractivity contribution is 6.35. The van der Waals surface area contributed by atoms with Gasteiger partial charge in [-0.2, -0.15) is 0 Å². The van der Waals surface area contributed by atoms with Crippen molar-refractivity contribution in [1.82, 2.24) is 9.80 Å². The summed E-state index contributed by atoms with van der Waals surface area (Å²) < 4.78 is 6.26. The van der Waals surface area contributed by atoms with E-state index < -0.39 is 16.5 Å². The van der Waals surface area contributed by atoms with Gasteiger partial charge in [-0.3, -0.25) is 14.9 Å². The number of amides is 1. The molecule has 212 valence electrons. The maximum absolute atomic E-state index is 12.5. The van der Waals surface area contributed by atoms with Crippen molar-refractivity contribution < 1.29 is 14.5 Å². The summed E-state index contributed by atoms with van der Waals surface area (Å²) in [6.07, 6.45) is 3.26. The molecule has 1 aliphatic rings. The Bertz CT molecular complexity index is 1360. The number of rotatable bonds is 11. The Morgan fingerprint density at radius 1 is 1.02 bits per heavy atom. The standard InChI is InChI=1S/C27H24Cl4N4O4.ClH/c28-20-8-5-18(6-9-20)26(39-16-19-7-10-21(29)15-22(19)30)27(31)34-14-13-33(17-34)12-11-25(36)32-23-3-1-2-4-24(23)35(37)38;/h1-10,13-15,26-27H,11-12,16-17H2,(H,32,36);1H. The fourth-order valence-corrected chi connectivity index (χ4v) is 4.90. The highest BCUT2D eigenvalue weighted by Crippen LogP contribution is 2.33. The van der Waals surface area contributed by atoms with Gasteiger partial charge in [0.1, 0.15) is 17.3 Å². The zero-order valence-electron chi connectivity index (χ0n) is 20.9. The summed E-state index contributed by atoms with van der Waals surface area (Å²) in [6, 6.07) is 18.5. The Labute approximate surface area is 257 Å². The second-order valence-corrected chi connectivity index (χ2v) is 10.5. The van der Waals surface area contributed by atoms with E-state index in [0.29, 0.717) is 28.3 Å². The first-order valence-corrected chi connectivity index (χ1v) is 13.4. The van der Waals surface area contributed by atoms with Crippen molar-refractivity contribution in [2.24, 2.45) is 0 Å². The van der Waals surface area contributed by atoms with Crippen molar-refractivity contribution in [1.29, 1.82) is 0 Å². The molecule has 1 amide bonds. The summed E-state index contributed by atoms with van der Waals surface area (Å²) in [5.41, 5.74) is 1.01. The summed E-state index contributed by atoms with van der Waals surface area (Å²) in [5, 5.41) is 15.4. The van der Waals surface area contributed by atoms with Crippen LogP contribution in [0.1, 0.15) is 23.7 Å². The van der Waals surface area contributed by atoms with Gasteiger partial charge in [-0.05, 0) is 41.5 Å². The molecule has 2 unspecified atom stereocenters. The predicted molar refractivity (Wildman–Crippen MR) is 161 cm³/mol. The quantitative estimate of drug-likeness (QED) is 0.0988. The number of anilines is 1. The highest BCUT2D eigenvalue weighted by Gasteiger charge is 2.30. The molecule has 2 atom stereocenters. The third-order valence-electron chi connectivity index (χ3n) is 6.01. The molecule has 1 aliphatic heterocycles. The topological polar surface area (TPSA) is 88.0 Å². The molecule has 3 aromatic carbocycles. The number of hydrogen-bond acceptors (Lipinski definition) is 6. The molecule has 1 heterocycles. The molecule has 0 saturated carbocycles. The number of nitrogens with one attached hydrogen (secondary N) is 1. The van der Waals surface area contributed by atoms with Crippen LogP contribution < -0.4 is 5.32 Å². The van der Waals surface area contributed by atoms with Crippen molar-refractivity contribution in [2.75, 3.05) is 18.5 Å². The van der Waals surface area contributed by atoms with E-state index >= 15 is 0 Å². The molecule has 0 aliphatic carbocycles. The van der Waals surface area contributed by atoms with Crippen LogP contribution in [0.5, 0.6) is 0 Å². The van der Waals surface area contributed by atoms with Gasteiger partial charge in [0.15, 0.2) is 0 Å². The molecule has 0 aromatic heterocycles. The van der Waals surface area contributed by atoms with E-state index in [2.05, 4.69) is 5.32 Å². The van der Waals surface area contributed by atoms with Crippen LogP contribution in [-0.4, -0.2) is 39.3 Å². The minimum Gasteiger partial charge on any atom is -0.365 e. The Balaban J connectivity index is 0.00000441. The number of nitro groups is 1. The Hall–Kier alpha value is -2.72. The molecule has 0 spiro atoms. The molecule has 40 heavy (non-hydrogen) atoms. The van der Waals surface area contributed by atoms with Gasteiger partial charge in [-0.15, -0.1) is 12.4 Å². The average molecular weight is 647 g/mol. The first-order valence-electron chi connectivity index (χ1n) is 11.9. The van der Waals surface area contributed by atoms with E-state index in [1.807, 2.05) is 34.3 Å². The maximum atomic E-state index is 12.5. The zero-order valence-corrected chi connectivity index (χ0v) is 24.7. The zero-order chi connectivity index (χ0) is 27.9. The molecule has 0 bridgehead atoms. The van der Waals surface area contributed by atoms with Gasteiger partial charge >= 0.3 is 0 Å². The highest BCUT2D eigenvalue weighted by atomic mass is 35.5. The summed E-state index contributed by atoms with van der Waals surface area (Å²) >= 11 is 25.4. The van der Waals surface area contributed by atoms with Crippen LogP contribution in [0.4, 0.5) is 11.4 Å². The van der Waals surface area contributed by atoms with Crippen LogP contribution in [0.25, 0.3) is 0 Å². The van der Waals surface area contributed by atoms with E-state index in [1.54, 1.807) is 42.5 Å². The molecule has 3 aromatic rings. The molecule has 4 rings (SSSR count). The summed E-state index contributed by atoms with van der Waals surface area (Å²) in [4.78, 5) is 26.9. The maximum Gasteiger partial charge on any atom is 0.292 e. The van der Waals surface area contributed by atoms with Crippen LogP contribution in [0.2, 0.25) is 15.1 Å². The third kappa shape index (κ3) is 8.39. The summed E-state index contributed by atoms with van der Waals surface area (Å²) in [5.74, 6) is -0.333. The van der Waals surface area contributed by atoms with Gasteiger partial charge in [-0.1, -0.05) is 76.7 Å². The number of benzene rings is 3. The lowest BCUT2D eigenvalue weighted by Gasteiger charge is -2.31. The van der Waals surface area contributed by atoms with Gasteiger partial charge in [0.2, 0.25) is 5.91 Å². The fourth-order valence-electron chi connectivity index (χ4n) is 3.96. The second-order valence-electron chi connectivity index (χ2n) is 8.73. The smallest absolute Gasteiger partial charge is 0.292 e. The van der Waals surface area contributed by atoms with E-state index in [0.717, 1.165) is 11.1 Å². The Morgan fingerprint density at radius 2 is 1.73 bits per heavy atom. The van der Waals surface area contributed by atoms with Crippen LogP contribution in [0.3, 0.4) is 0 Å². The SMILES string of the molecule is Cl.O=C(CCN1C=CN(C(Cl)C(OCc2ccc(Cl)cc2Cl)c2ccc(Cl)cc2)C1)Nc1ccccc1[N+](=O)[O-]. The van der Waals surface area contributed by atoms with Crippen LogP contribution in [0, 0.1) is 10.1 Å². The number of ether oxygens (including phenoxy) is 1. The van der Waals surface area contributed by atoms with E-state index in [-0.39, 0.29) is 42.7 Å². The number of nitrogens with zero attached hydrogens (tertiary/aromatic N) is 3. The Morgan fingerprint density at radius 3 is 2.42 bits per heavy atom. The molecular formula is C27H25Cl5N4O4. The van der Waals surface area contributed by atoms with Gasteiger partial charge in [0.05, 0.1) is 18.2 Å². The first kappa shape index (κ1) is 31.8. The van der Waals surface area contributed by atoms with E-state index in [9.17, 15) is 14.9 Å². The molecule has 0 radical (unpaired) electrons. The fraction of sp³-hybridized carbons (Fsp3) is 0.222. The molecule has 1 N–H and O–H groups in total. The van der Waals surface area contributed by atoms with Gasteiger partial charge < -0.3 is 19.9 Å². The Kier molecular flexibility index (Phi) is 11.7. The normalized spacial score (nSPS) is 14.0. The van der Waals surface area contributed by atoms with Gasteiger partial charge in [0.25, 0.3) is 5.69 Å². The van der Waals surface area contributed by atoms with Crippen molar-refractivity contribution in [3.63, 3.8) is 0 Å². The number of hydrogen-bond donors (Lipinski definition) is 1. The predicted octanol–water partition coefficient (Wildman–Crippen LogP) is 7.87. The average Bonchev–Trinajstić information content (AvgIpc) is 3.39. The lowest BCUT2D eigenvalue weighted by Crippen LogP contribution is -2.36. The molecule has 0 saturated heterocycles. The summed E-state index contributed by atoms with van der Waals surface area (Å²) in [7, 11) is 0. The monoisotopic (exact) mass is 644 g/mol. The van der Waals surface area contributed by atoms with E-state index in [1.165, 1.54) is 12.1 Å². The lowest BCUT2D eigenvalue weighted by atomic mass is 10.1. The molecule has 8 nitrogen and oxygen atoms in total. The summed E-state index contributed by atoms with van der Waals surface area (Å²) in [6.45, 7) is 1.01. The van der Waals surface area contributed by atoms with Crippen molar-refractivity contribution in [3.05, 3.63) is 115 Å².